The molecule has 2 heterocycles. The van der Waals surface area contributed by atoms with Crippen LogP contribution < -0.4 is 4.74 Å². The third-order valence-corrected chi connectivity index (χ3v) is 4.00. The molecule has 3 rings (SSSR count). The molecule has 0 saturated carbocycles. The molecule has 0 atom stereocenters. The summed E-state index contributed by atoms with van der Waals surface area (Å²) < 4.78 is 15.9. The lowest BCUT2D eigenvalue weighted by Gasteiger charge is -2.10. The first-order valence-electron chi connectivity index (χ1n) is 8.39. The number of ether oxygens (including phenoxy) is 3. The van der Waals surface area contributed by atoms with Crippen LogP contribution in [0.5, 0.6) is 5.75 Å². The molecule has 0 bridgehead atoms. The zero-order chi connectivity index (χ0) is 18.7. The molecular formula is C19H20N2O5. The average Bonchev–Trinajstić information content (AvgIpc) is 3.02. The second-order valence-corrected chi connectivity index (χ2v) is 5.66. The number of nitrogens with zero attached hydrogens (tertiary/aromatic N) is 1. The van der Waals surface area contributed by atoms with Crippen molar-refractivity contribution in [2.45, 2.75) is 26.9 Å². The normalized spacial score (nSPS) is 11.0. The van der Waals surface area contributed by atoms with Crippen molar-refractivity contribution >= 4 is 33.7 Å². The quantitative estimate of drug-likeness (QED) is 0.538. The van der Waals surface area contributed by atoms with E-state index in [1.165, 1.54) is 0 Å². The van der Waals surface area contributed by atoms with E-state index in [4.69, 9.17) is 14.2 Å². The first-order valence-corrected chi connectivity index (χ1v) is 8.39. The molecule has 26 heavy (non-hydrogen) atoms. The molecule has 0 radical (unpaired) electrons. The number of carbonyl (C=O) groups is 2. The molecule has 7 heteroatoms. The van der Waals surface area contributed by atoms with E-state index in [-0.39, 0.29) is 31.3 Å². The summed E-state index contributed by atoms with van der Waals surface area (Å²) >= 11 is 0. The summed E-state index contributed by atoms with van der Waals surface area (Å²) in [6, 6.07) is 5.40. The first-order chi connectivity index (χ1) is 12.6. The second-order valence-electron chi connectivity index (χ2n) is 5.66. The number of methoxy groups -OCH3 is 1. The Morgan fingerprint density at radius 3 is 2.65 bits per heavy atom. The number of aromatic amines is 1. The summed E-state index contributed by atoms with van der Waals surface area (Å²) in [6.45, 7) is 3.89. The molecule has 0 amide bonds. The highest BCUT2D eigenvalue weighted by atomic mass is 16.5. The van der Waals surface area contributed by atoms with Crippen molar-refractivity contribution in [1.82, 2.24) is 9.97 Å². The minimum atomic E-state index is -0.515. The van der Waals surface area contributed by atoms with Gasteiger partial charge in [0.15, 0.2) is 5.69 Å². The Labute approximate surface area is 150 Å². The standard InChI is InChI=1S/C19H20N2O5/c1-4-15(22)26-14-8-6-7-12-17(14)16-11(10-24-3)18(19(23)25-5-2)20-9-13(16)21-12/h6-9,21H,4-5,10H2,1-3H3. The van der Waals surface area contributed by atoms with Gasteiger partial charge in [0.2, 0.25) is 0 Å². The largest absolute Gasteiger partial charge is 0.461 e. The van der Waals surface area contributed by atoms with Gasteiger partial charge in [0.25, 0.3) is 0 Å². The maximum absolute atomic E-state index is 12.3. The third-order valence-electron chi connectivity index (χ3n) is 4.00. The molecule has 1 aromatic carbocycles. The minimum Gasteiger partial charge on any atom is -0.461 e. The average molecular weight is 356 g/mol. The van der Waals surface area contributed by atoms with Crippen LogP contribution in [0.1, 0.15) is 36.3 Å². The zero-order valence-corrected chi connectivity index (χ0v) is 14.9. The van der Waals surface area contributed by atoms with Crippen molar-refractivity contribution in [2.75, 3.05) is 13.7 Å². The van der Waals surface area contributed by atoms with Gasteiger partial charge in [-0.3, -0.25) is 4.79 Å². The van der Waals surface area contributed by atoms with Gasteiger partial charge in [0.05, 0.1) is 35.8 Å². The highest BCUT2D eigenvalue weighted by Gasteiger charge is 2.22. The van der Waals surface area contributed by atoms with E-state index in [0.29, 0.717) is 16.7 Å². The summed E-state index contributed by atoms with van der Waals surface area (Å²) in [5.41, 5.74) is 2.29. The zero-order valence-electron chi connectivity index (χ0n) is 14.9. The van der Waals surface area contributed by atoms with Crippen LogP contribution in [0.15, 0.2) is 24.4 Å². The number of hydrogen-bond acceptors (Lipinski definition) is 6. The van der Waals surface area contributed by atoms with Gasteiger partial charge in [-0.1, -0.05) is 13.0 Å². The van der Waals surface area contributed by atoms with E-state index in [0.717, 1.165) is 16.4 Å². The molecule has 0 aliphatic heterocycles. The van der Waals surface area contributed by atoms with Crippen molar-refractivity contribution in [2.24, 2.45) is 0 Å². The van der Waals surface area contributed by atoms with Crippen molar-refractivity contribution in [3.63, 3.8) is 0 Å². The number of carbonyl (C=O) groups excluding carboxylic acids is 2. The Kier molecular flexibility index (Phi) is 5.18. The number of pyridine rings is 1. The topological polar surface area (TPSA) is 90.5 Å². The van der Waals surface area contributed by atoms with E-state index < -0.39 is 5.97 Å². The minimum absolute atomic E-state index is 0.168. The summed E-state index contributed by atoms with van der Waals surface area (Å²) in [5, 5.41) is 1.45. The molecule has 0 spiro atoms. The van der Waals surface area contributed by atoms with Crippen LogP contribution in [0.2, 0.25) is 0 Å². The van der Waals surface area contributed by atoms with Crippen LogP contribution in [0.25, 0.3) is 21.8 Å². The van der Waals surface area contributed by atoms with Gasteiger partial charge < -0.3 is 19.2 Å². The second kappa shape index (κ2) is 7.53. The van der Waals surface area contributed by atoms with Gasteiger partial charge in [-0.05, 0) is 19.1 Å². The predicted octanol–water partition coefficient (Wildman–Crippen LogP) is 3.35. The number of H-pyrrole nitrogens is 1. The summed E-state index contributed by atoms with van der Waals surface area (Å²) in [7, 11) is 1.54. The summed E-state index contributed by atoms with van der Waals surface area (Å²) in [4.78, 5) is 31.6. The van der Waals surface area contributed by atoms with E-state index in [2.05, 4.69) is 9.97 Å². The number of aromatic nitrogens is 2. The predicted molar refractivity (Wildman–Crippen MR) is 96.2 cm³/mol. The molecule has 7 nitrogen and oxygen atoms in total. The van der Waals surface area contributed by atoms with Crippen molar-refractivity contribution < 1.29 is 23.8 Å². The lowest BCUT2D eigenvalue weighted by atomic mass is 10.0. The molecule has 2 aromatic heterocycles. The Hall–Kier alpha value is -2.93. The van der Waals surface area contributed by atoms with Crippen LogP contribution in [0, 0.1) is 0 Å². The van der Waals surface area contributed by atoms with Crippen molar-refractivity contribution in [3.05, 3.63) is 35.7 Å². The maximum Gasteiger partial charge on any atom is 0.357 e. The van der Waals surface area contributed by atoms with Gasteiger partial charge in [-0.2, -0.15) is 0 Å². The molecule has 0 fully saturated rings. The Bertz CT molecular complexity index is 977. The van der Waals surface area contributed by atoms with Gasteiger partial charge in [-0.25, -0.2) is 9.78 Å². The molecule has 0 aliphatic carbocycles. The van der Waals surface area contributed by atoms with Crippen LogP contribution in [-0.4, -0.2) is 35.6 Å². The molecule has 0 saturated heterocycles. The molecule has 3 aromatic rings. The van der Waals surface area contributed by atoms with Crippen LogP contribution in [-0.2, 0) is 20.9 Å². The van der Waals surface area contributed by atoms with Gasteiger partial charge in [0, 0.05) is 24.5 Å². The lowest BCUT2D eigenvalue weighted by Crippen LogP contribution is -2.11. The number of hydrogen-bond donors (Lipinski definition) is 1. The molecule has 0 aliphatic rings. The van der Waals surface area contributed by atoms with Gasteiger partial charge in [0.1, 0.15) is 5.75 Å². The number of nitrogens with one attached hydrogen (secondary N) is 1. The number of esters is 2. The fraction of sp³-hybridized carbons (Fsp3) is 0.316. The lowest BCUT2D eigenvalue weighted by molar-refractivity contribution is -0.133. The Balaban J connectivity index is 2.32. The summed E-state index contributed by atoms with van der Waals surface area (Å²) in [6.07, 6.45) is 1.84. The van der Waals surface area contributed by atoms with Crippen LogP contribution in [0.4, 0.5) is 0 Å². The highest BCUT2D eigenvalue weighted by molar-refractivity contribution is 6.14. The van der Waals surface area contributed by atoms with Crippen molar-refractivity contribution in [1.29, 1.82) is 0 Å². The number of benzene rings is 1. The van der Waals surface area contributed by atoms with E-state index >= 15 is 0 Å². The first kappa shape index (κ1) is 17.9. The van der Waals surface area contributed by atoms with Crippen LogP contribution in [0.3, 0.4) is 0 Å². The SMILES string of the molecule is CCOC(=O)c1ncc2[nH]c3cccc(OC(=O)CC)c3c2c1COC. The molecule has 1 N–H and O–H groups in total. The number of rotatable bonds is 6. The maximum atomic E-state index is 12.3. The van der Waals surface area contributed by atoms with E-state index in [9.17, 15) is 9.59 Å². The fourth-order valence-electron chi connectivity index (χ4n) is 2.91. The van der Waals surface area contributed by atoms with Gasteiger partial charge in [-0.15, -0.1) is 0 Å². The summed E-state index contributed by atoms with van der Waals surface area (Å²) in [5.74, 6) is -0.419. The molecular weight excluding hydrogens is 336 g/mol. The van der Waals surface area contributed by atoms with E-state index in [1.807, 2.05) is 6.07 Å². The Morgan fingerprint density at radius 2 is 1.96 bits per heavy atom. The highest BCUT2D eigenvalue weighted by Crippen LogP contribution is 2.36. The monoisotopic (exact) mass is 356 g/mol. The van der Waals surface area contributed by atoms with Crippen molar-refractivity contribution in [3.8, 4) is 5.75 Å². The molecule has 0 unspecified atom stereocenters. The van der Waals surface area contributed by atoms with E-state index in [1.54, 1.807) is 39.3 Å². The van der Waals surface area contributed by atoms with Crippen LogP contribution >= 0.6 is 0 Å². The Morgan fingerprint density at radius 1 is 1.15 bits per heavy atom. The fourth-order valence-corrected chi connectivity index (χ4v) is 2.91. The van der Waals surface area contributed by atoms with Gasteiger partial charge >= 0.3 is 11.9 Å². The smallest absolute Gasteiger partial charge is 0.357 e. The number of fused-ring (bicyclic) bond motifs is 3. The third kappa shape index (κ3) is 3.13. The molecule has 136 valence electrons.